The number of hydrogen-bond acceptors (Lipinski definition) is 5. The first-order valence-electron chi connectivity index (χ1n) is 7.27. The molecule has 0 aliphatic carbocycles. The van der Waals surface area contributed by atoms with Crippen LogP contribution in [0.1, 0.15) is 18.6 Å². The van der Waals surface area contributed by atoms with Crippen LogP contribution in [-0.2, 0) is 13.1 Å². The fraction of sp³-hybridized carbons (Fsp3) is 0.316. The number of methoxy groups -OCH3 is 2. The summed E-state index contributed by atoms with van der Waals surface area (Å²) < 4.78 is 9.99. The molecule has 0 saturated heterocycles. The minimum Gasteiger partial charge on any atom is -0.497 e. The number of rotatable bonds is 6. The van der Waals surface area contributed by atoms with Gasteiger partial charge in [-0.2, -0.15) is 5.26 Å². The predicted molar refractivity (Wildman–Crippen MR) is 97.9 cm³/mol. The van der Waals surface area contributed by atoms with Crippen LogP contribution < -0.4 is 20.5 Å². The van der Waals surface area contributed by atoms with Crippen molar-refractivity contribution in [2.24, 2.45) is 5.73 Å². The van der Waals surface area contributed by atoms with Crippen LogP contribution in [-0.4, -0.2) is 20.8 Å². The number of nitrogens with one attached hydrogen (secondary N) is 1. The number of nitrogens with zero attached hydrogens (tertiary/aromatic N) is 1. The first-order chi connectivity index (χ1) is 11.2. The molecule has 0 fully saturated rings. The van der Waals surface area contributed by atoms with E-state index in [1.54, 1.807) is 14.2 Å². The predicted octanol–water partition coefficient (Wildman–Crippen LogP) is 3.10. The molecular formula is C19H27N3O2. The molecule has 2 aromatic carbocycles. The summed E-state index contributed by atoms with van der Waals surface area (Å²) >= 11 is 0. The van der Waals surface area contributed by atoms with Crippen molar-refractivity contribution in [2.45, 2.75) is 20.5 Å². The zero-order valence-electron chi connectivity index (χ0n) is 13.6. The van der Waals surface area contributed by atoms with Crippen LogP contribution in [0.15, 0.2) is 48.5 Å². The highest BCUT2D eigenvalue weighted by atomic mass is 16.5. The molecular weight excluding hydrogens is 302 g/mol. The van der Waals surface area contributed by atoms with Gasteiger partial charge in [0.05, 0.1) is 26.8 Å². The van der Waals surface area contributed by atoms with E-state index in [2.05, 4.69) is 5.32 Å². The molecule has 0 aliphatic heterocycles. The fourth-order valence-corrected chi connectivity index (χ4v) is 1.77. The van der Waals surface area contributed by atoms with E-state index in [4.69, 9.17) is 20.5 Å². The zero-order valence-corrected chi connectivity index (χ0v) is 13.6. The summed E-state index contributed by atoms with van der Waals surface area (Å²) in [5.74, 6) is 1.72. The molecule has 0 heterocycles. The van der Waals surface area contributed by atoms with Gasteiger partial charge in [-0.15, -0.1) is 0 Å². The van der Waals surface area contributed by atoms with E-state index in [1.165, 1.54) is 0 Å². The summed E-state index contributed by atoms with van der Waals surface area (Å²) in [6.45, 7) is 1.69. The molecule has 0 radical (unpaired) electrons. The average Bonchev–Trinajstić information content (AvgIpc) is 2.63. The molecule has 0 unspecified atom stereocenters. The van der Waals surface area contributed by atoms with Crippen LogP contribution >= 0.6 is 0 Å². The molecule has 24 heavy (non-hydrogen) atoms. The minimum atomic E-state index is 0. The Kier molecular flexibility index (Phi) is 11.6. The van der Waals surface area contributed by atoms with Crippen molar-refractivity contribution in [1.82, 2.24) is 5.32 Å². The molecule has 0 amide bonds. The Hall–Kier alpha value is -2.55. The molecule has 2 aromatic rings. The SMILES string of the molecule is C.COc1ccc(CN)cc1.COc1ccc(CNCC#N)cc1. The third-order valence-electron chi connectivity index (χ3n) is 3.09. The summed E-state index contributed by atoms with van der Waals surface area (Å²) in [6, 6.07) is 17.5. The second-order valence-corrected chi connectivity index (χ2v) is 4.66. The summed E-state index contributed by atoms with van der Waals surface area (Å²) in [5, 5.41) is 11.3. The first-order valence-corrected chi connectivity index (χ1v) is 7.27. The highest BCUT2D eigenvalue weighted by molar-refractivity contribution is 5.27. The highest BCUT2D eigenvalue weighted by Crippen LogP contribution is 2.11. The molecule has 0 aromatic heterocycles. The maximum atomic E-state index is 8.29. The minimum absolute atomic E-state index is 0. The van der Waals surface area contributed by atoms with Gasteiger partial charge in [-0.05, 0) is 35.4 Å². The van der Waals surface area contributed by atoms with Gasteiger partial charge in [0.25, 0.3) is 0 Å². The molecule has 0 spiro atoms. The molecule has 0 atom stereocenters. The van der Waals surface area contributed by atoms with E-state index < -0.39 is 0 Å². The van der Waals surface area contributed by atoms with Crippen molar-refractivity contribution < 1.29 is 9.47 Å². The zero-order chi connectivity index (χ0) is 16.9. The molecule has 5 nitrogen and oxygen atoms in total. The molecule has 0 bridgehead atoms. The Bertz CT molecular complexity index is 567. The van der Waals surface area contributed by atoms with Crippen LogP contribution in [0.25, 0.3) is 0 Å². The Morgan fingerprint density at radius 2 is 1.38 bits per heavy atom. The van der Waals surface area contributed by atoms with Crippen LogP contribution in [0.2, 0.25) is 0 Å². The molecule has 5 heteroatoms. The first kappa shape index (κ1) is 21.4. The van der Waals surface area contributed by atoms with Crippen molar-refractivity contribution in [3.8, 4) is 17.6 Å². The quantitative estimate of drug-likeness (QED) is 0.629. The van der Waals surface area contributed by atoms with Crippen LogP contribution in [0.5, 0.6) is 11.5 Å². The van der Waals surface area contributed by atoms with Gasteiger partial charge in [-0.25, -0.2) is 0 Å². The smallest absolute Gasteiger partial charge is 0.118 e. The number of nitriles is 1. The van der Waals surface area contributed by atoms with Gasteiger partial charge in [0, 0.05) is 13.1 Å². The van der Waals surface area contributed by atoms with Gasteiger partial charge in [-0.3, -0.25) is 0 Å². The second-order valence-electron chi connectivity index (χ2n) is 4.66. The van der Waals surface area contributed by atoms with Crippen molar-refractivity contribution in [3.63, 3.8) is 0 Å². The number of ether oxygens (including phenoxy) is 2. The number of benzene rings is 2. The topological polar surface area (TPSA) is 80.3 Å². The fourth-order valence-electron chi connectivity index (χ4n) is 1.77. The monoisotopic (exact) mass is 329 g/mol. The van der Waals surface area contributed by atoms with Crippen molar-refractivity contribution in [2.75, 3.05) is 20.8 Å². The lowest BCUT2D eigenvalue weighted by Gasteiger charge is -2.02. The van der Waals surface area contributed by atoms with Crippen molar-refractivity contribution >= 4 is 0 Å². The number of hydrogen-bond donors (Lipinski definition) is 2. The van der Waals surface area contributed by atoms with E-state index in [0.29, 0.717) is 13.1 Å². The average molecular weight is 329 g/mol. The van der Waals surface area contributed by atoms with E-state index in [9.17, 15) is 0 Å². The van der Waals surface area contributed by atoms with Gasteiger partial charge in [-0.1, -0.05) is 31.7 Å². The van der Waals surface area contributed by atoms with Crippen molar-refractivity contribution in [3.05, 3.63) is 59.7 Å². The maximum absolute atomic E-state index is 8.29. The Morgan fingerprint density at radius 1 is 0.917 bits per heavy atom. The lowest BCUT2D eigenvalue weighted by atomic mass is 10.2. The van der Waals surface area contributed by atoms with Crippen LogP contribution in [0.4, 0.5) is 0 Å². The number of nitrogens with two attached hydrogens (primary N) is 1. The normalized spacial score (nSPS) is 8.92. The van der Waals surface area contributed by atoms with Gasteiger partial charge in [0.15, 0.2) is 0 Å². The van der Waals surface area contributed by atoms with Gasteiger partial charge >= 0.3 is 0 Å². The van der Waals surface area contributed by atoms with Gasteiger partial charge < -0.3 is 20.5 Å². The summed E-state index contributed by atoms with van der Waals surface area (Å²) in [4.78, 5) is 0. The third kappa shape index (κ3) is 8.18. The Labute approximate surface area is 145 Å². The van der Waals surface area contributed by atoms with E-state index in [1.807, 2.05) is 54.6 Å². The van der Waals surface area contributed by atoms with Gasteiger partial charge in [0.1, 0.15) is 11.5 Å². The van der Waals surface area contributed by atoms with Crippen molar-refractivity contribution in [1.29, 1.82) is 5.26 Å². The standard InChI is InChI=1S/C10H12N2O.C8H11NO.CH4/c1-13-10-4-2-9(3-5-10)8-12-7-6-11;1-10-8-4-2-7(6-9)3-5-8;/h2-5,12H,7-8H2,1H3;2-5H,6,9H2,1H3;1H4. The Morgan fingerprint density at radius 3 is 1.75 bits per heavy atom. The lowest BCUT2D eigenvalue weighted by Crippen LogP contribution is -2.12. The largest absolute Gasteiger partial charge is 0.497 e. The Balaban J connectivity index is 0.000000436. The van der Waals surface area contributed by atoms with E-state index in [0.717, 1.165) is 29.2 Å². The summed E-state index contributed by atoms with van der Waals surface area (Å²) in [7, 11) is 3.29. The lowest BCUT2D eigenvalue weighted by molar-refractivity contribution is 0.414. The van der Waals surface area contributed by atoms with E-state index in [-0.39, 0.29) is 7.43 Å². The third-order valence-corrected chi connectivity index (χ3v) is 3.09. The summed E-state index contributed by atoms with van der Waals surface area (Å²) in [5.41, 5.74) is 7.68. The highest BCUT2D eigenvalue weighted by Gasteiger charge is 1.93. The second kappa shape index (κ2) is 12.9. The molecule has 2 rings (SSSR count). The molecule has 0 saturated carbocycles. The molecule has 3 N–H and O–H groups in total. The van der Waals surface area contributed by atoms with Gasteiger partial charge in [0.2, 0.25) is 0 Å². The molecule has 0 aliphatic rings. The van der Waals surface area contributed by atoms with Crippen LogP contribution in [0.3, 0.4) is 0 Å². The maximum Gasteiger partial charge on any atom is 0.118 e. The van der Waals surface area contributed by atoms with E-state index >= 15 is 0 Å². The summed E-state index contributed by atoms with van der Waals surface area (Å²) in [6.07, 6.45) is 0. The van der Waals surface area contributed by atoms with Crippen LogP contribution in [0, 0.1) is 11.3 Å². The molecule has 130 valence electrons.